The molecule has 15 heavy (non-hydrogen) atoms. The minimum atomic E-state index is 0.0997. The Bertz CT molecular complexity index is 424. The first-order valence-electron chi connectivity index (χ1n) is 4.88. The summed E-state index contributed by atoms with van der Waals surface area (Å²) in [6, 6.07) is 0.291. The summed E-state index contributed by atoms with van der Waals surface area (Å²) in [6.07, 6.45) is 5.41. The van der Waals surface area contributed by atoms with Crippen LogP contribution in [-0.2, 0) is 0 Å². The molecular weight excluding hydrogens is 194 g/mol. The fourth-order valence-electron chi connectivity index (χ4n) is 2.13. The number of rotatable bonds is 1. The third-order valence-electron chi connectivity index (χ3n) is 3.04. The first kappa shape index (κ1) is 8.52. The van der Waals surface area contributed by atoms with Crippen LogP contribution in [0.5, 0.6) is 0 Å². The molecule has 2 aliphatic heterocycles. The van der Waals surface area contributed by atoms with Crippen LogP contribution in [0.3, 0.4) is 0 Å². The molecule has 1 fully saturated rings. The van der Waals surface area contributed by atoms with E-state index >= 15 is 0 Å². The maximum absolute atomic E-state index is 11.7. The molecule has 0 saturated carbocycles. The van der Waals surface area contributed by atoms with Crippen molar-refractivity contribution in [3.63, 3.8) is 0 Å². The zero-order valence-electron chi connectivity index (χ0n) is 8.38. The van der Waals surface area contributed by atoms with Crippen molar-refractivity contribution in [3.05, 3.63) is 24.1 Å². The number of urea groups is 1. The summed E-state index contributed by atoms with van der Waals surface area (Å²) < 4.78 is 4.80. The molecule has 1 atom stereocenters. The van der Waals surface area contributed by atoms with E-state index in [9.17, 15) is 4.79 Å². The second kappa shape index (κ2) is 2.85. The molecule has 3 rings (SSSR count). The number of hydrogen-bond acceptors (Lipinski definition) is 3. The smallest absolute Gasteiger partial charge is 0.320 e. The van der Waals surface area contributed by atoms with E-state index in [1.54, 1.807) is 17.4 Å². The van der Waals surface area contributed by atoms with Crippen LogP contribution in [0.2, 0.25) is 0 Å². The average molecular weight is 205 g/mol. The SMILES string of the molecule is CN1C(=O)N2CC(c3cnoc3)=CC1C2. The van der Waals surface area contributed by atoms with E-state index in [0.29, 0.717) is 6.54 Å². The largest absolute Gasteiger partial charge is 0.364 e. The van der Waals surface area contributed by atoms with Crippen LogP contribution in [0.15, 0.2) is 23.1 Å². The lowest BCUT2D eigenvalue weighted by Gasteiger charge is -2.20. The number of hydrogen-bond donors (Lipinski definition) is 0. The Morgan fingerprint density at radius 3 is 3.13 bits per heavy atom. The predicted octanol–water partition coefficient (Wildman–Crippen LogP) is 0.808. The van der Waals surface area contributed by atoms with Gasteiger partial charge in [-0.25, -0.2) is 4.79 Å². The number of aromatic nitrogens is 1. The average Bonchev–Trinajstić information content (AvgIpc) is 2.84. The normalized spacial score (nSPS) is 24.7. The van der Waals surface area contributed by atoms with E-state index in [0.717, 1.165) is 17.7 Å². The quantitative estimate of drug-likeness (QED) is 0.681. The predicted molar refractivity (Wildman–Crippen MR) is 53.0 cm³/mol. The number of amides is 2. The van der Waals surface area contributed by atoms with Crippen molar-refractivity contribution >= 4 is 11.6 Å². The summed E-state index contributed by atoms with van der Waals surface area (Å²) in [5.74, 6) is 0. The van der Waals surface area contributed by atoms with Gasteiger partial charge in [-0.3, -0.25) is 0 Å². The highest BCUT2D eigenvalue weighted by Gasteiger charge is 2.37. The summed E-state index contributed by atoms with van der Waals surface area (Å²) >= 11 is 0. The highest BCUT2D eigenvalue weighted by molar-refractivity contribution is 5.83. The number of fused-ring (bicyclic) bond motifs is 2. The van der Waals surface area contributed by atoms with Crippen LogP contribution in [0.4, 0.5) is 4.79 Å². The van der Waals surface area contributed by atoms with E-state index in [-0.39, 0.29) is 12.1 Å². The summed E-state index contributed by atoms with van der Waals surface area (Å²) in [6.45, 7) is 1.45. The Balaban J connectivity index is 1.96. The minimum Gasteiger partial charge on any atom is -0.364 e. The van der Waals surface area contributed by atoms with Gasteiger partial charge in [0.2, 0.25) is 0 Å². The zero-order valence-corrected chi connectivity index (χ0v) is 8.38. The van der Waals surface area contributed by atoms with Crippen molar-refractivity contribution in [1.82, 2.24) is 15.0 Å². The molecule has 0 spiro atoms. The van der Waals surface area contributed by atoms with E-state index < -0.39 is 0 Å². The summed E-state index contributed by atoms with van der Waals surface area (Å²) in [4.78, 5) is 15.3. The Kier molecular flexibility index (Phi) is 1.62. The first-order valence-corrected chi connectivity index (χ1v) is 4.88. The summed E-state index contributed by atoms with van der Waals surface area (Å²) in [5.41, 5.74) is 2.08. The first-order chi connectivity index (χ1) is 7.25. The highest BCUT2D eigenvalue weighted by atomic mass is 16.5. The number of carbonyl (C=O) groups excluding carboxylic acids is 1. The van der Waals surface area contributed by atoms with Gasteiger partial charge in [-0.05, 0) is 5.57 Å². The number of likely N-dealkylation sites (N-methyl/N-ethyl adjacent to an activating group) is 1. The topological polar surface area (TPSA) is 49.6 Å². The third-order valence-corrected chi connectivity index (χ3v) is 3.04. The van der Waals surface area contributed by atoms with Gasteiger partial charge in [-0.2, -0.15) is 0 Å². The van der Waals surface area contributed by atoms with Crippen LogP contribution >= 0.6 is 0 Å². The van der Waals surface area contributed by atoms with Crippen LogP contribution in [-0.4, -0.2) is 47.2 Å². The Hall–Kier alpha value is -1.78. The fraction of sp³-hybridized carbons (Fsp3) is 0.400. The molecule has 1 aromatic heterocycles. The van der Waals surface area contributed by atoms with Gasteiger partial charge in [0, 0.05) is 25.7 Å². The second-order valence-corrected chi connectivity index (χ2v) is 3.95. The van der Waals surface area contributed by atoms with Crippen molar-refractivity contribution in [1.29, 1.82) is 0 Å². The van der Waals surface area contributed by atoms with E-state index in [1.807, 2.05) is 11.9 Å². The lowest BCUT2D eigenvalue weighted by Crippen LogP contribution is -2.30. The van der Waals surface area contributed by atoms with Crippen molar-refractivity contribution in [2.75, 3.05) is 20.1 Å². The van der Waals surface area contributed by atoms with Crippen LogP contribution < -0.4 is 0 Å². The van der Waals surface area contributed by atoms with Crippen LogP contribution in [0, 0.1) is 0 Å². The van der Waals surface area contributed by atoms with Gasteiger partial charge in [0.25, 0.3) is 0 Å². The number of carbonyl (C=O) groups is 1. The monoisotopic (exact) mass is 205 g/mol. The van der Waals surface area contributed by atoms with Crippen molar-refractivity contribution in [2.45, 2.75) is 6.04 Å². The molecule has 2 bridgehead atoms. The molecule has 5 nitrogen and oxygen atoms in total. The minimum absolute atomic E-state index is 0.0997. The zero-order chi connectivity index (χ0) is 10.4. The van der Waals surface area contributed by atoms with Crippen LogP contribution in [0.25, 0.3) is 5.57 Å². The molecule has 1 aromatic rings. The van der Waals surface area contributed by atoms with Crippen molar-refractivity contribution < 1.29 is 9.32 Å². The van der Waals surface area contributed by atoms with Crippen molar-refractivity contribution in [3.8, 4) is 0 Å². The van der Waals surface area contributed by atoms with Gasteiger partial charge >= 0.3 is 6.03 Å². The van der Waals surface area contributed by atoms with E-state index in [4.69, 9.17) is 4.52 Å². The molecule has 0 aliphatic carbocycles. The molecule has 0 aromatic carbocycles. The standard InChI is InChI=1S/C10H11N3O2/c1-12-9-2-7(8-3-11-15-6-8)4-13(5-9)10(12)14/h2-3,6,9H,4-5H2,1H3. The Morgan fingerprint density at radius 2 is 2.47 bits per heavy atom. The summed E-state index contributed by atoms with van der Waals surface area (Å²) in [7, 11) is 1.83. The van der Waals surface area contributed by atoms with Gasteiger partial charge < -0.3 is 14.3 Å². The van der Waals surface area contributed by atoms with Crippen molar-refractivity contribution in [2.24, 2.45) is 0 Å². The molecule has 1 unspecified atom stereocenters. The van der Waals surface area contributed by atoms with Crippen LogP contribution in [0.1, 0.15) is 5.56 Å². The molecule has 1 saturated heterocycles. The molecule has 2 aliphatic rings. The fourth-order valence-corrected chi connectivity index (χ4v) is 2.13. The highest BCUT2D eigenvalue weighted by Crippen LogP contribution is 2.27. The van der Waals surface area contributed by atoms with Gasteiger partial charge in [0.05, 0.1) is 12.2 Å². The molecule has 0 N–H and O–H groups in total. The Labute approximate surface area is 86.9 Å². The summed E-state index contributed by atoms with van der Waals surface area (Å²) in [5, 5.41) is 3.67. The van der Waals surface area contributed by atoms with Gasteiger partial charge in [-0.15, -0.1) is 0 Å². The van der Waals surface area contributed by atoms with Gasteiger partial charge in [0.15, 0.2) is 0 Å². The second-order valence-electron chi connectivity index (χ2n) is 3.95. The Morgan fingerprint density at radius 1 is 1.60 bits per heavy atom. The maximum atomic E-state index is 11.7. The van der Waals surface area contributed by atoms with E-state index in [2.05, 4.69) is 11.2 Å². The van der Waals surface area contributed by atoms with E-state index in [1.165, 1.54) is 0 Å². The van der Waals surface area contributed by atoms with Gasteiger partial charge in [0.1, 0.15) is 6.26 Å². The van der Waals surface area contributed by atoms with Gasteiger partial charge in [-0.1, -0.05) is 11.2 Å². The number of nitrogens with zero attached hydrogens (tertiary/aromatic N) is 3. The molecule has 0 radical (unpaired) electrons. The molecule has 5 heteroatoms. The lowest BCUT2D eigenvalue weighted by molar-refractivity contribution is 0.202. The lowest BCUT2D eigenvalue weighted by atomic mass is 10.0. The molecule has 3 heterocycles. The maximum Gasteiger partial charge on any atom is 0.320 e. The molecule has 78 valence electrons. The molecular formula is C10H11N3O2. The molecule has 2 amide bonds. The third kappa shape index (κ3) is 1.16.